The topological polar surface area (TPSA) is 82.0 Å². The second kappa shape index (κ2) is 5.38. The van der Waals surface area contributed by atoms with Crippen LogP contribution in [0.5, 0.6) is 0 Å². The molecule has 2 rings (SSSR count). The quantitative estimate of drug-likeness (QED) is 0.684. The molecule has 2 N–H and O–H groups in total. The number of non-ortho nitro benzene ring substituents is 1. The summed E-state index contributed by atoms with van der Waals surface area (Å²) in [4.78, 5) is 14.7. The molecule has 1 aromatic heterocycles. The van der Waals surface area contributed by atoms with Gasteiger partial charge in [-0.05, 0) is 17.2 Å². The third kappa shape index (κ3) is 2.67. The van der Waals surface area contributed by atoms with Crippen molar-refractivity contribution in [3.63, 3.8) is 0 Å². The maximum absolute atomic E-state index is 11.0. The number of pyridine rings is 1. The summed E-state index contributed by atoms with van der Waals surface area (Å²) in [6.45, 7) is 4.50. The van der Waals surface area contributed by atoms with Crippen molar-refractivity contribution in [1.82, 2.24) is 4.98 Å². The Kier molecular flexibility index (Phi) is 3.81. The molecule has 0 unspecified atom stereocenters. The zero-order valence-electron chi connectivity index (χ0n) is 11.5. The van der Waals surface area contributed by atoms with Crippen molar-refractivity contribution in [1.29, 1.82) is 0 Å². The lowest BCUT2D eigenvalue weighted by atomic mass is 9.80. The summed E-state index contributed by atoms with van der Waals surface area (Å²) in [5, 5.41) is 11.0. The van der Waals surface area contributed by atoms with Crippen molar-refractivity contribution < 1.29 is 4.92 Å². The van der Waals surface area contributed by atoms with Gasteiger partial charge in [-0.3, -0.25) is 15.1 Å². The Balaban J connectivity index is 2.67. The standard InChI is InChI=1S/C15H17N3O2/c1-15(2,10-16)14-6-5-12(18(19)20)8-13(14)11-4-3-7-17-9-11/h3-9H,10,16H2,1-2H3. The minimum absolute atomic E-state index is 0.0698. The van der Waals surface area contributed by atoms with Gasteiger partial charge in [0.15, 0.2) is 0 Å². The highest BCUT2D eigenvalue weighted by Gasteiger charge is 2.24. The van der Waals surface area contributed by atoms with Crippen LogP contribution in [0, 0.1) is 10.1 Å². The molecule has 104 valence electrons. The third-order valence-electron chi connectivity index (χ3n) is 3.43. The van der Waals surface area contributed by atoms with Gasteiger partial charge in [0.25, 0.3) is 5.69 Å². The van der Waals surface area contributed by atoms with E-state index in [0.717, 1.165) is 16.7 Å². The SMILES string of the molecule is CC(C)(CN)c1ccc([N+](=O)[O-])cc1-c1cccnc1. The number of hydrogen-bond acceptors (Lipinski definition) is 4. The Hall–Kier alpha value is -2.27. The van der Waals surface area contributed by atoms with E-state index in [-0.39, 0.29) is 16.0 Å². The van der Waals surface area contributed by atoms with E-state index >= 15 is 0 Å². The molecule has 0 atom stereocenters. The molecule has 0 aliphatic heterocycles. The fourth-order valence-electron chi connectivity index (χ4n) is 2.11. The first-order valence-corrected chi connectivity index (χ1v) is 6.35. The maximum atomic E-state index is 11.0. The fourth-order valence-corrected chi connectivity index (χ4v) is 2.11. The van der Waals surface area contributed by atoms with Gasteiger partial charge in [0.05, 0.1) is 4.92 Å². The Labute approximate surface area is 117 Å². The number of aromatic nitrogens is 1. The summed E-state index contributed by atoms with van der Waals surface area (Å²) in [7, 11) is 0. The van der Waals surface area contributed by atoms with Crippen LogP contribution in [0.3, 0.4) is 0 Å². The highest BCUT2D eigenvalue weighted by molar-refractivity contribution is 5.70. The predicted molar refractivity (Wildman–Crippen MR) is 78.4 cm³/mol. The van der Waals surface area contributed by atoms with Gasteiger partial charge in [-0.2, -0.15) is 0 Å². The lowest BCUT2D eigenvalue weighted by molar-refractivity contribution is -0.384. The summed E-state index contributed by atoms with van der Waals surface area (Å²) in [5.41, 5.74) is 8.29. The molecule has 0 fully saturated rings. The molecule has 2 aromatic rings. The van der Waals surface area contributed by atoms with Crippen LogP contribution < -0.4 is 5.73 Å². The molecule has 20 heavy (non-hydrogen) atoms. The Morgan fingerprint density at radius 3 is 2.65 bits per heavy atom. The number of nitro groups is 1. The van der Waals surface area contributed by atoms with Gasteiger partial charge in [0.2, 0.25) is 0 Å². The molecule has 0 radical (unpaired) electrons. The number of benzene rings is 1. The normalized spacial score (nSPS) is 11.3. The zero-order chi connectivity index (χ0) is 14.8. The van der Waals surface area contributed by atoms with Gasteiger partial charge in [0, 0.05) is 42.0 Å². The van der Waals surface area contributed by atoms with Crippen molar-refractivity contribution in [2.45, 2.75) is 19.3 Å². The number of nitrogens with zero attached hydrogens (tertiary/aromatic N) is 2. The van der Waals surface area contributed by atoms with E-state index in [1.54, 1.807) is 24.5 Å². The fraction of sp³-hybridized carbons (Fsp3) is 0.267. The molecule has 0 aliphatic rings. The van der Waals surface area contributed by atoms with Crippen LogP contribution in [0.4, 0.5) is 5.69 Å². The molecular formula is C15H17N3O2. The highest BCUT2D eigenvalue weighted by atomic mass is 16.6. The molecule has 0 bridgehead atoms. The Morgan fingerprint density at radius 2 is 2.10 bits per heavy atom. The van der Waals surface area contributed by atoms with Gasteiger partial charge >= 0.3 is 0 Å². The number of nitrogens with two attached hydrogens (primary N) is 1. The van der Waals surface area contributed by atoms with Gasteiger partial charge in [-0.1, -0.05) is 26.0 Å². The summed E-state index contributed by atoms with van der Waals surface area (Å²) in [5.74, 6) is 0. The van der Waals surface area contributed by atoms with Crippen molar-refractivity contribution >= 4 is 5.69 Å². The summed E-state index contributed by atoms with van der Waals surface area (Å²) >= 11 is 0. The molecule has 0 saturated carbocycles. The van der Waals surface area contributed by atoms with Crippen LogP contribution in [-0.2, 0) is 5.41 Å². The van der Waals surface area contributed by atoms with Crippen molar-refractivity contribution in [2.75, 3.05) is 6.54 Å². The minimum atomic E-state index is -0.390. The second-order valence-electron chi connectivity index (χ2n) is 5.32. The number of nitro benzene ring substituents is 1. The Morgan fingerprint density at radius 1 is 1.35 bits per heavy atom. The highest BCUT2D eigenvalue weighted by Crippen LogP contribution is 2.34. The van der Waals surface area contributed by atoms with Crippen LogP contribution in [0.25, 0.3) is 11.1 Å². The molecule has 5 nitrogen and oxygen atoms in total. The molecular weight excluding hydrogens is 254 g/mol. The molecule has 1 aromatic carbocycles. The van der Waals surface area contributed by atoms with E-state index in [1.807, 2.05) is 26.0 Å². The van der Waals surface area contributed by atoms with Gasteiger partial charge in [0.1, 0.15) is 0 Å². The van der Waals surface area contributed by atoms with Crippen LogP contribution in [0.2, 0.25) is 0 Å². The van der Waals surface area contributed by atoms with Crippen molar-refractivity contribution in [3.05, 3.63) is 58.4 Å². The van der Waals surface area contributed by atoms with Gasteiger partial charge in [-0.25, -0.2) is 0 Å². The predicted octanol–water partition coefficient (Wildman–Crippen LogP) is 2.89. The third-order valence-corrected chi connectivity index (χ3v) is 3.43. The van der Waals surface area contributed by atoms with E-state index < -0.39 is 0 Å². The first kappa shape index (κ1) is 14.1. The van der Waals surface area contributed by atoms with Gasteiger partial charge < -0.3 is 5.73 Å². The molecule has 0 saturated heterocycles. The first-order valence-electron chi connectivity index (χ1n) is 6.35. The summed E-state index contributed by atoms with van der Waals surface area (Å²) in [6, 6.07) is 8.60. The summed E-state index contributed by atoms with van der Waals surface area (Å²) < 4.78 is 0. The van der Waals surface area contributed by atoms with E-state index in [9.17, 15) is 10.1 Å². The molecule has 0 amide bonds. The molecule has 5 heteroatoms. The monoisotopic (exact) mass is 271 g/mol. The largest absolute Gasteiger partial charge is 0.330 e. The van der Waals surface area contributed by atoms with E-state index in [4.69, 9.17) is 5.73 Å². The minimum Gasteiger partial charge on any atom is -0.330 e. The molecule has 1 heterocycles. The lowest BCUT2D eigenvalue weighted by Gasteiger charge is -2.26. The molecule has 0 spiro atoms. The van der Waals surface area contributed by atoms with E-state index in [0.29, 0.717) is 6.54 Å². The Bertz CT molecular complexity index is 624. The average Bonchev–Trinajstić information content (AvgIpc) is 2.47. The average molecular weight is 271 g/mol. The van der Waals surface area contributed by atoms with Crippen LogP contribution in [0.15, 0.2) is 42.7 Å². The maximum Gasteiger partial charge on any atom is 0.270 e. The molecule has 0 aliphatic carbocycles. The second-order valence-corrected chi connectivity index (χ2v) is 5.32. The zero-order valence-corrected chi connectivity index (χ0v) is 11.5. The number of hydrogen-bond donors (Lipinski definition) is 1. The van der Waals surface area contributed by atoms with Crippen LogP contribution in [0.1, 0.15) is 19.4 Å². The van der Waals surface area contributed by atoms with Crippen molar-refractivity contribution in [2.24, 2.45) is 5.73 Å². The van der Waals surface area contributed by atoms with Gasteiger partial charge in [-0.15, -0.1) is 0 Å². The summed E-state index contributed by atoms with van der Waals surface area (Å²) in [6.07, 6.45) is 3.38. The lowest BCUT2D eigenvalue weighted by Crippen LogP contribution is -2.28. The van der Waals surface area contributed by atoms with Crippen molar-refractivity contribution in [3.8, 4) is 11.1 Å². The van der Waals surface area contributed by atoms with E-state index in [2.05, 4.69) is 4.98 Å². The first-order chi connectivity index (χ1) is 9.45. The number of rotatable bonds is 4. The van der Waals surface area contributed by atoms with Crippen LogP contribution >= 0.6 is 0 Å². The van der Waals surface area contributed by atoms with Crippen LogP contribution in [-0.4, -0.2) is 16.5 Å². The smallest absolute Gasteiger partial charge is 0.270 e. The van der Waals surface area contributed by atoms with E-state index in [1.165, 1.54) is 6.07 Å².